The van der Waals surface area contributed by atoms with Crippen LogP contribution < -0.4 is 0 Å². The minimum atomic E-state index is -0.789. The summed E-state index contributed by atoms with van der Waals surface area (Å²) in [5.41, 5.74) is 0.882. The van der Waals surface area contributed by atoms with E-state index in [0.29, 0.717) is 23.6 Å². The molecule has 18 heavy (non-hydrogen) atoms. The van der Waals surface area contributed by atoms with Gasteiger partial charge in [-0.3, -0.25) is 9.69 Å². The van der Waals surface area contributed by atoms with Gasteiger partial charge in [0.2, 0.25) is 0 Å². The van der Waals surface area contributed by atoms with E-state index < -0.39 is 5.97 Å². The zero-order valence-corrected chi connectivity index (χ0v) is 11.5. The predicted octanol–water partition coefficient (Wildman–Crippen LogP) is 3.03. The topological polar surface area (TPSA) is 40.5 Å². The third-order valence-electron chi connectivity index (χ3n) is 3.05. The van der Waals surface area contributed by atoms with E-state index in [2.05, 4.69) is 20.8 Å². The van der Waals surface area contributed by atoms with E-state index in [1.54, 1.807) is 6.07 Å². The highest BCUT2D eigenvalue weighted by Gasteiger charge is 2.29. The van der Waals surface area contributed by atoms with E-state index in [1.165, 1.54) is 6.07 Å². The number of carbonyl (C=O) groups is 1. The standard InChI is InChI=1S/C13H15BrFNO2/c14-11-4-1-9(7-12(11)15)8-16(10-2-3-10)6-5-13(17)18/h1,4,7,10H,2-3,5-6,8H2,(H,17,18). The first-order valence-electron chi connectivity index (χ1n) is 5.96. The Kier molecular flexibility index (Phi) is 4.35. The largest absolute Gasteiger partial charge is 0.481 e. The molecule has 0 aromatic heterocycles. The van der Waals surface area contributed by atoms with Crippen LogP contribution in [0.25, 0.3) is 0 Å². The van der Waals surface area contributed by atoms with Gasteiger partial charge in [-0.2, -0.15) is 0 Å². The van der Waals surface area contributed by atoms with Crippen molar-refractivity contribution in [2.45, 2.75) is 31.8 Å². The Hall–Kier alpha value is -0.940. The van der Waals surface area contributed by atoms with E-state index in [1.807, 2.05) is 6.07 Å². The van der Waals surface area contributed by atoms with Gasteiger partial charge >= 0.3 is 5.97 Å². The maximum absolute atomic E-state index is 13.4. The van der Waals surface area contributed by atoms with E-state index in [4.69, 9.17) is 5.11 Å². The summed E-state index contributed by atoms with van der Waals surface area (Å²) in [6.07, 6.45) is 2.35. The molecule has 1 fully saturated rings. The van der Waals surface area contributed by atoms with Crippen molar-refractivity contribution in [3.63, 3.8) is 0 Å². The fourth-order valence-corrected chi connectivity index (χ4v) is 2.19. The van der Waals surface area contributed by atoms with Gasteiger partial charge in [0.1, 0.15) is 5.82 Å². The zero-order valence-electron chi connectivity index (χ0n) is 9.90. The lowest BCUT2D eigenvalue weighted by atomic mass is 10.2. The first-order valence-corrected chi connectivity index (χ1v) is 6.75. The maximum Gasteiger partial charge on any atom is 0.304 e. The highest BCUT2D eigenvalue weighted by atomic mass is 79.9. The average molecular weight is 316 g/mol. The Balaban J connectivity index is 1.99. The molecule has 0 saturated heterocycles. The molecular weight excluding hydrogens is 301 g/mol. The van der Waals surface area contributed by atoms with Crippen molar-refractivity contribution < 1.29 is 14.3 Å². The van der Waals surface area contributed by atoms with Crippen LogP contribution in [0.3, 0.4) is 0 Å². The number of carboxylic acid groups (broad SMARTS) is 1. The Morgan fingerprint density at radius 3 is 2.78 bits per heavy atom. The van der Waals surface area contributed by atoms with Gasteiger partial charge in [-0.25, -0.2) is 4.39 Å². The van der Waals surface area contributed by atoms with Gasteiger partial charge in [0.05, 0.1) is 10.9 Å². The summed E-state index contributed by atoms with van der Waals surface area (Å²) in [5, 5.41) is 8.72. The molecule has 98 valence electrons. The third-order valence-corrected chi connectivity index (χ3v) is 3.69. The van der Waals surface area contributed by atoms with Crippen LogP contribution in [-0.4, -0.2) is 28.6 Å². The number of rotatable bonds is 6. The Labute approximate surface area is 114 Å². The molecule has 2 rings (SSSR count). The van der Waals surface area contributed by atoms with E-state index in [-0.39, 0.29) is 12.2 Å². The third kappa shape index (κ3) is 3.78. The second-order valence-corrected chi connectivity index (χ2v) is 5.45. The molecule has 0 bridgehead atoms. The summed E-state index contributed by atoms with van der Waals surface area (Å²) < 4.78 is 13.9. The highest BCUT2D eigenvalue weighted by molar-refractivity contribution is 9.10. The molecule has 0 unspecified atom stereocenters. The average Bonchev–Trinajstić information content (AvgIpc) is 3.13. The van der Waals surface area contributed by atoms with Crippen molar-refractivity contribution >= 4 is 21.9 Å². The summed E-state index contributed by atoms with van der Waals surface area (Å²) in [6.45, 7) is 1.14. The summed E-state index contributed by atoms with van der Waals surface area (Å²) in [6, 6.07) is 5.52. The maximum atomic E-state index is 13.4. The molecule has 1 saturated carbocycles. The number of hydrogen-bond donors (Lipinski definition) is 1. The molecule has 0 radical (unpaired) electrons. The molecule has 1 aromatic carbocycles. The normalized spacial score (nSPS) is 15.1. The van der Waals surface area contributed by atoms with Crippen molar-refractivity contribution in [1.29, 1.82) is 0 Å². The minimum absolute atomic E-state index is 0.134. The van der Waals surface area contributed by atoms with Gasteiger partial charge < -0.3 is 5.11 Å². The lowest BCUT2D eigenvalue weighted by molar-refractivity contribution is -0.137. The van der Waals surface area contributed by atoms with Crippen molar-refractivity contribution in [2.75, 3.05) is 6.54 Å². The molecule has 0 spiro atoms. The summed E-state index contributed by atoms with van der Waals surface area (Å²) in [7, 11) is 0. The van der Waals surface area contributed by atoms with Gasteiger partial charge in [0.15, 0.2) is 0 Å². The van der Waals surface area contributed by atoms with Crippen LogP contribution in [0.2, 0.25) is 0 Å². The lowest BCUT2D eigenvalue weighted by Crippen LogP contribution is -2.28. The number of nitrogens with zero attached hydrogens (tertiary/aromatic N) is 1. The fraction of sp³-hybridized carbons (Fsp3) is 0.462. The quantitative estimate of drug-likeness (QED) is 0.877. The van der Waals surface area contributed by atoms with E-state index in [9.17, 15) is 9.18 Å². The molecule has 1 aliphatic rings. The van der Waals surface area contributed by atoms with Crippen LogP contribution in [0.4, 0.5) is 4.39 Å². The minimum Gasteiger partial charge on any atom is -0.481 e. The number of benzene rings is 1. The van der Waals surface area contributed by atoms with Crippen molar-refractivity contribution in [1.82, 2.24) is 4.90 Å². The first-order chi connectivity index (χ1) is 8.56. The second-order valence-electron chi connectivity index (χ2n) is 4.59. The molecule has 3 nitrogen and oxygen atoms in total. The monoisotopic (exact) mass is 315 g/mol. The van der Waals surface area contributed by atoms with E-state index in [0.717, 1.165) is 18.4 Å². The molecule has 1 aliphatic carbocycles. The highest BCUT2D eigenvalue weighted by Crippen LogP contribution is 2.29. The fourth-order valence-electron chi connectivity index (χ4n) is 1.94. The van der Waals surface area contributed by atoms with Crippen LogP contribution in [0.5, 0.6) is 0 Å². The number of halogens is 2. The predicted molar refractivity (Wildman–Crippen MR) is 69.8 cm³/mol. The van der Waals surface area contributed by atoms with Crippen molar-refractivity contribution in [2.24, 2.45) is 0 Å². The van der Waals surface area contributed by atoms with Gasteiger partial charge in [-0.05, 0) is 46.5 Å². The zero-order chi connectivity index (χ0) is 13.1. The smallest absolute Gasteiger partial charge is 0.304 e. The van der Waals surface area contributed by atoms with Gasteiger partial charge in [-0.15, -0.1) is 0 Å². The molecule has 0 aliphatic heterocycles. The second kappa shape index (κ2) is 5.80. The van der Waals surface area contributed by atoms with Crippen LogP contribution in [0.15, 0.2) is 22.7 Å². The molecule has 1 N–H and O–H groups in total. The number of hydrogen-bond acceptors (Lipinski definition) is 2. The first kappa shape index (κ1) is 13.5. The van der Waals surface area contributed by atoms with E-state index >= 15 is 0 Å². The van der Waals surface area contributed by atoms with Gasteiger partial charge in [-0.1, -0.05) is 6.07 Å². The van der Waals surface area contributed by atoms with Gasteiger partial charge in [0, 0.05) is 19.1 Å². The molecule has 5 heteroatoms. The molecule has 1 aromatic rings. The summed E-state index contributed by atoms with van der Waals surface area (Å²) >= 11 is 3.12. The van der Waals surface area contributed by atoms with Crippen LogP contribution in [-0.2, 0) is 11.3 Å². The number of aliphatic carboxylic acids is 1. The SMILES string of the molecule is O=C(O)CCN(Cc1ccc(Br)c(F)c1)C1CC1. The Bertz CT molecular complexity index is 449. The lowest BCUT2D eigenvalue weighted by Gasteiger charge is -2.21. The molecule has 0 amide bonds. The molecule has 0 atom stereocenters. The van der Waals surface area contributed by atoms with Crippen LogP contribution in [0.1, 0.15) is 24.8 Å². The Morgan fingerprint density at radius 1 is 1.50 bits per heavy atom. The van der Waals surface area contributed by atoms with Gasteiger partial charge in [0.25, 0.3) is 0 Å². The molecule has 0 heterocycles. The summed E-state index contributed by atoms with van der Waals surface area (Å²) in [5.74, 6) is -1.07. The molecular formula is C13H15BrFNO2. The van der Waals surface area contributed by atoms with Crippen molar-refractivity contribution in [3.8, 4) is 0 Å². The summed E-state index contributed by atoms with van der Waals surface area (Å²) in [4.78, 5) is 12.7. The van der Waals surface area contributed by atoms with Crippen molar-refractivity contribution in [3.05, 3.63) is 34.1 Å². The number of carboxylic acids is 1. The van der Waals surface area contributed by atoms with Crippen LogP contribution >= 0.6 is 15.9 Å². The van der Waals surface area contributed by atoms with Crippen LogP contribution in [0, 0.1) is 5.82 Å². The Morgan fingerprint density at radius 2 is 2.22 bits per heavy atom.